The zero-order valence-corrected chi connectivity index (χ0v) is 10.0. The van der Waals surface area contributed by atoms with Crippen molar-refractivity contribution >= 4 is 5.97 Å². The Hall–Kier alpha value is -2.13. The summed E-state index contributed by atoms with van der Waals surface area (Å²) in [6.45, 7) is 0.306. The Morgan fingerprint density at radius 2 is 1.56 bits per heavy atom. The normalized spacial score (nSPS) is 10.1. The molecule has 2 N–H and O–H groups in total. The first-order chi connectivity index (χ1) is 8.79. The minimum Gasteiger partial charge on any atom is -0.426 e. The van der Waals surface area contributed by atoms with Crippen LogP contribution in [0.1, 0.15) is 6.42 Å². The van der Waals surface area contributed by atoms with Gasteiger partial charge in [-0.15, -0.1) is 0 Å². The highest BCUT2D eigenvalue weighted by atomic mass is 16.5. The Bertz CT molecular complexity index is 506. The highest BCUT2D eigenvalue weighted by molar-refractivity contribution is 5.73. The van der Waals surface area contributed by atoms with Crippen LogP contribution in [0, 0.1) is 0 Å². The summed E-state index contributed by atoms with van der Waals surface area (Å²) in [5, 5.41) is 0. The van der Waals surface area contributed by atoms with Crippen LogP contribution in [0.4, 0.5) is 0 Å². The molecule has 0 bridgehead atoms. The molecule has 3 nitrogen and oxygen atoms in total. The van der Waals surface area contributed by atoms with E-state index in [9.17, 15) is 4.79 Å². The lowest BCUT2D eigenvalue weighted by molar-refractivity contribution is -0.134. The molecule has 0 aliphatic rings. The van der Waals surface area contributed by atoms with Crippen molar-refractivity contribution in [3.63, 3.8) is 0 Å². The lowest BCUT2D eigenvalue weighted by atomic mass is 10.1. The number of hydrogen-bond donors (Lipinski definition) is 1. The van der Waals surface area contributed by atoms with E-state index in [1.165, 1.54) is 0 Å². The van der Waals surface area contributed by atoms with Gasteiger partial charge in [-0.25, -0.2) is 0 Å². The molecule has 0 aromatic heterocycles. The van der Waals surface area contributed by atoms with E-state index in [0.717, 1.165) is 11.1 Å². The minimum absolute atomic E-state index is 0.237. The molecular weight excluding hydrogens is 226 g/mol. The van der Waals surface area contributed by atoms with Crippen molar-refractivity contribution in [2.24, 2.45) is 5.73 Å². The molecule has 2 rings (SSSR count). The number of nitrogens with two attached hydrogens (primary N) is 1. The predicted molar refractivity (Wildman–Crippen MR) is 71.2 cm³/mol. The standard InChI is InChI=1S/C15H15NO2/c16-11-10-15(17)18-14-8-6-13(7-9-14)12-4-2-1-3-5-12/h1-9H,10-11,16H2. The smallest absolute Gasteiger partial charge is 0.312 e. The van der Waals surface area contributed by atoms with E-state index in [4.69, 9.17) is 10.5 Å². The lowest BCUT2D eigenvalue weighted by Crippen LogP contribution is -2.13. The topological polar surface area (TPSA) is 52.3 Å². The van der Waals surface area contributed by atoms with E-state index in [0.29, 0.717) is 12.3 Å². The van der Waals surface area contributed by atoms with Crippen LogP contribution in [0.2, 0.25) is 0 Å². The first kappa shape index (κ1) is 12.3. The van der Waals surface area contributed by atoms with Crippen LogP contribution in [0.25, 0.3) is 11.1 Å². The SMILES string of the molecule is NCCC(=O)Oc1ccc(-c2ccccc2)cc1. The van der Waals surface area contributed by atoms with Gasteiger partial charge in [0, 0.05) is 6.54 Å². The molecule has 92 valence electrons. The molecule has 2 aromatic carbocycles. The summed E-state index contributed by atoms with van der Waals surface area (Å²) < 4.78 is 5.13. The van der Waals surface area contributed by atoms with Crippen LogP contribution in [-0.4, -0.2) is 12.5 Å². The van der Waals surface area contributed by atoms with Crippen molar-refractivity contribution in [2.45, 2.75) is 6.42 Å². The first-order valence-electron chi connectivity index (χ1n) is 5.86. The highest BCUT2D eigenvalue weighted by Gasteiger charge is 2.03. The molecule has 0 unspecified atom stereocenters. The van der Waals surface area contributed by atoms with Gasteiger partial charge in [0.25, 0.3) is 0 Å². The third-order valence-corrected chi connectivity index (χ3v) is 2.54. The molecule has 2 aromatic rings. The monoisotopic (exact) mass is 241 g/mol. The van der Waals surface area contributed by atoms with Gasteiger partial charge in [-0.05, 0) is 23.3 Å². The van der Waals surface area contributed by atoms with E-state index >= 15 is 0 Å². The number of esters is 1. The van der Waals surface area contributed by atoms with Crippen molar-refractivity contribution in [3.8, 4) is 16.9 Å². The van der Waals surface area contributed by atoms with Gasteiger partial charge in [0.15, 0.2) is 0 Å². The van der Waals surface area contributed by atoms with Crippen LogP contribution >= 0.6 is 0 Å². The summed E-state index contributed by atoms with van der Waals surface area (Å²) in [4.78, 5) is 11.3. The molecule has 0 saturated heterocycles. The van der Waals surface area contributed by atoms with Gasteiger partial charge in [0.2, 0.25) is 0 Å². The van der Waals surface area contributed by atoms with Crippen LogP contribution in [0.5, 0.6) is 5.75 Å². The number of hydrogen-bond acceptors (Lipinski definition) is 3. The fraction of sp³-hybridized carbons (Fsp3) is 0.133. The second-order valence-electron chi connectivity index (χ2n) is 3.90. The third-order valence-electron chi connectivity index (χ3n) is 2.54. The fourth-order valence-electron chi connectivity index (χ4n) is 1.65. The summed E-state index contributed by atoms with van der Waals surface area (Å²) in [7, 11) is 0. The van der Waals surface area contributed by atoms with Gasteiger partial charge >= 0.3 is 5.97 Å². The molecule has 0 fully saturated rings. The molecule has 0 aliphatic carbocycles. The predicted octanol–water partition coefficient (Wildman–Crippen LogP) is 2.61. The number of ether oxygens (including phenoxy) is 1. The van der Waals surface area contributed by atoms with Gasteiger partial charge in [0.1, 0.15) is 5.75 Å². The Morgan fingerprint density at radius 3 is 2.17 bits per heavy atom. The van der Waals surface area contributed by atoms with Gasteiger partial charge in [0.05, 0.1) is 6.42 Å². The van der Waals surface area contributed by atoms with Crippen LogP contribution in [-0.2, 0) is 4.79 Å². The van der Waals surface area contributed by atoms with Gasteiger partial charge in [-0.3, -0.25) is 4.79 Å². The van der Waals surface area contributed by atoms with Crippen molar-refractivity contribution in [2.75, 3.05) is 6.54 Å². The average molecular weight is 241 g/mol. The summed E-state index contributed by atoms with van der Waals surface area (Å²) in [5.41, 5.74) is 7.51. The van der Waals surface area contributed by atoms with Crippen molar-refractivity contribution in [1.82, 2.24) is 0 Å². The summed E-state index contributed by atoms with van der Waals surface area (Å²) in [6, 6.07) is 17.5. The van der Waals surface area contributed by atoms with E-state index in [1.807, 2.05) is 42.5 Å². The van der Waals surface area contributed by atoms with E-state index < -0.39 is 0 Å². The molecule has 0 atom stereocenters. The van der Waals surface area contributed by atoms with E-state index in [-0.39, 0.29) is 12.4 Å². The zero-order chi connectivity index (χ0) is 12.8. The fourth-order valence-corrected chi connectivity index (χ4v) is 1.65. The van der Waals surface area contributed by atoms with Crippen molar-refractivity contribution in [1.29, 1.82) is 0 Å². The molecule has 0 heterocycles. The third kappa shape index (κ3) is 3.18. The van der Waals surface area contributed by atoms with Crippen LogP contribution < -0.4 is 10.5 Å². The molecular formula is C15H15NO2. The molecule has 0 radical (unpaired) electrons. The first-order valence-corrected chi connectivity index (χ1v) is 5.86. The maximum absolute atomic E-state index is 11.3. The molecule has 0 saturated carbocycles. The second kappa shape index (κ2) is 5.98. The Morgan fingerprint density at radius 1 is 0.944 bits per heavy atom. The van der Waals surface area contributed by atoms with Crippen molar-refractivity contribution < 1.29 is 9.53 Å². The van der Waals surface area contributed by atoms with Gasteiger partial charge in [-0.2, -0.15) is 0 Å². The maximum Gasteiger partial charge on any atom is 0.312 e. The molecule has 0 amide bonds. The average Bonchev–Trinajstić information content (AvgIpc) is 2.41. The lowest BCUT2D eigenvalue weighted by Gasteiger charge is -2.05. The van der Waals surface area contributed by atoms with Gasteiger partial charge < -0.3 is 10.5 Å². The Balaban J connectivity index is 2.09. The van der Waals surface area contributed by atoms with Crippen molar-refractivity contribution in [3.05, 3.63) is 54.6 Å². The quantitative estimate of drug-likeness (QED) is 0.661. The number of carbonyl (C=O) groups excluding carboxylic acids is 1. The number of rotatable bonds is 4. The number of benzene rings is 2. The highest BCUT2D eigenvalue weighted by Crippen LogP contribution is 2.22. The second-order valence-corrected chi connectivity index (χ2v) is 3.90. The van der Waals surface area contributed by atoms with Crippen LogP contribution in [0.15, 0.2) is 54.6 Å². The Labute approximate surface area is 106 Å². The summed E-state index contributed by atoms with van der Waals surface area (Å²) in [6.07, 6.45) is 0.237. The molecule has 18 heavy (non-hydrogen) atoms. The molecule has 0 spiro atoms. The van der Waals surface area contributed by atoms with Gasteiger partial charge in [-0.1, -0.05) is 42.5 Å². The van der Waals surface area contributed by atoms with E-state index in [2.05, 4.69) is 0 Å². The number of carbonyl (C=O) groups is 1. The van der Waals surface area contributed by atoms with E-state index in [1.54, 1.807) is 12.1 Å². The Kier molecular flexibility index (Phi) is 4.10. The summed E-state index contributed by atoms with van der Waals surface area (Å²) in [5.74, 6) is 0.248. The molecule has 0 aliphatic heterocycles. The maximum atomic E-state index is 11.3. The summed E-state index contributed by atoms with van der Waals surface area (Å²) >= 11 is 0. The minimum atomic E-state index is -0.301. The molecule has 3 heteroatoms. The zero-order valence-electron chi connectivity index (χ0n) is 10.0. The van der Waals surface area contributed by atoms with Crippen LogP contribution in [0.3, 0.4) is 0 Å². The largest absolute Gasteiger partial charge is 0.426 e.